The molecule has 3 aromatic rings. The van der Waals surface area contributed by atoms with E-state index in [4.69, 9.17) is 0 Å². The van der Waals surface area contributed by atoms with Crippen molar-refractivity contribution in [3.05, 3.63) is 69.9 Å². The molecule has 1 aromatic heterocycles. The van der Waals surface area contributed by atoms with Crippen molar-refractivity contribution in [3.63, 3.8) is 0 Å². The third-order valence-corrected chi connectivity index (χ3v) is 8.50. The van der Waals surface area contributed by atoms with E-state index >= 15 is 0 Å². The lowest BCUT2D eigenvalue weighted by Gasteiger charge is -2.23. The van der Waals surface area contributed by atoms with Gasteiger partial charge in [-0.05, 0) is 60.2 Å². The van der Waals surface area contributed by atoms with E-state index in [1.54, 1.807) is 12.1 Å². The highest BCUT2D eigenvalue weighted by Gasteiger charge is 2.38. The van der Waals surface area contributed by atoms with Gasteiger partial charge in [-0.2, -0.15) is 4.31 Å². The molecule has 1 amide bonds. The van der Waals surface area contributed by atoms with Crippen LogP contribution in [0.25, 0.3) is 0 Å². The molecule has 1 fully saturated rings. The molecule has 1 aliphatic heterocycles. The number of amides is 1. The van der Waals surface area contributed by atoms with Crippen molar-refractivity contribution in [2.24, 2.45) is 0 Å². The summed E-state index contributed by atoms with van der Waals surface area (Å²) in [6, 6.07) is 11.9. The molecule has 1 aliphatic rings. The molecule has 174 valence electrons. The zero-order valence-corrected chi connectivity index (χ0v) is 20.2. The number of carbonyl (C=O) groups is 1. The summed E-state index contributed by atoms with van der Waals surface area (Å²) >= 11 is 1.07. The first kappa shape index (κ1) is 23.5. The van der Waals surface area contributed by atoms with Gasteiger partial charge in [-0.3, -0.25) is 4.79 Å². The number of sulfonamides is 1. The zero-order valence-electron chi connectivity index (χ0n) is 18.6. The number of rotatable bonds is 5. The number of aromatic nitrogens is 2. The predicted molar refractivity (Wildman–Crippen MR) is 125 cm³/mol. The molecule has 0 bridgehead atoms. The van der Waals surface area contributed by atoms with E-state index in [9.17, 15) is 17.6 Å². The van der Waals surface area contributed by atoms with E-state index in [1.165, 1.54) is 28.6 Å². The van der Waals surface area contributed by atoms with Crippen LogP contribution >= 0.6 is 11.3 Å². The summed E-state index contributed by atoms with van der Waals surface area (Å²) < 4.78 is 41.2. The minimum Gasteiger partial charge on any atom is -0.320 e. The molecule has 4 rings (SSSR count). The van der Waals surface area contributed by atoms with E-state index in [2.05, 4.69) is 36.3 Å². The van der Waals surface area contributed by atoms with Crippen LogP contribution in [0.3, 0.4) is 0 Å². The second kappa shape index (κ2) is 8.92. The van der Waals surface area contributed by atoms with Crippen molar-refractivity contribution < 1.29 is 17.6 Å². The SMILES string of the molecule is CC(C)(C)c1ccc(S(=O)(=O)N2CCC[C@H]2c2nnc(C(=O)Nc3ccc(F)cc3)s2)cc1. The number of carbonyl (C=O) groups excluding carboxylic acids is 1. The zero-order chi connectivity index (χ0) is 23.8. The van der Waals surface area contributed by atoms with Crippen LogP contribution in [0.1, 0.15) is 60.0 Å². The number of halogens is 1. The standard InChI is InChI=1S/C23H25FN4O3S2/c1-23(2,3)15-6-12-18(13-7-15)33(30,31)28-14-4-5-19(28)21-26-27-22(32-21)20(29)25-17-10-8-16(24)9-11-17/h6-13,19H,4-5,14H2,1-3H3,(H,25,29)/t19-/m0/s1. The minimum atomic E-state index is -3.73. The van der Waals surface area contributed by atoms with Crippen LogP contribution in [-0.4, -0.2) is 35.4 Å². The van der Waals surface area contributed by atoms with Crippen LogP contribution in [0, 0.1) is 5.82 Å². The number of anilines is 1. The highest BCUT2D eigenvalue weighted by atomic mass is 32.2. The van der Waals surface area contributed by atoms with Gasteiger partial charge in [0.1, 0.15) is 10.8 Å². The molecule has 0 aliphatic carbocycles. The Balaban J connectivity index is 1.53. The Kier molecular flexibility index (Phi) is 6.35. The third-order valence-electron chi connectivity index (χ3n) is 5.55. The van der Waals surface area contributed by atoms with Crippen LogP contribution < -0.4 is 5.32 Å². The van der Waals surface area contributed by atoms with Crippen molar-refractivity contribution in [2.45, 2.75) is 50.0 Å². The first-order valence-electron chi connectivity index (χ1n) is 10.6. The molecule has 1 N–H and O–H groups in total. The fourth-order valence-electron chi connectivity index (χ4n) is 3.72. The summed E-state index contributed by atoms with van der Waals surface area (Å²) in [7, 11) is -3.73. The fourth-order valence-corrected chi connectivity index (χ4v) is 6.33. The Morgan fingerprint density at radius 3 is 2.39 bits per heavy atom. The Labute approximate surface area is 196 Å². The van der Waals surface area contributed by atoms with E-state index in [0.717, 1.165) is 16.9 Å². The maximum atomic E-state index is 13.4. The van der Waals surface area contributed by atoms with Crippen LogP contribution in [0.4, 0.5) is 10.1 Å². The monoisotopic (exact) mass is 488 g/mol. The molecule has 33 heavy (non-hydrogen) atoms. The van der Waals surface area contributed by atoms with Crippen LogP contribution in [0.5, 0.6) is 0 Å². The Morgan fingerprint density at radius 1 is 1.09 bits per heavy atom. The van der Waals surface area contributed by atoms with Gasteiger partial charge in [0.05, 0.1) is 10.9 Å². The molecule has 1 atom stereocenters. The number of nitrogens with zero attached hydrogens (tertiary/aromatic N) is 3. The molecule has 0 spiro atoms. The van der Waals surface area contributed by atoms with E-state index in [-0.39, 0.29) is 15.3 Å². The van der Waals surface area contributed by atoms with Crippen molar-refractivity contribution in [1.29, 1.82) is 0 Å². The van der Waals surface area contributed by atoms with Gasteiger partial charge in [0.25, 0.3) is 5.91 Å². The minimum absolute atomic E-state index is 0.0735. The van der Waals surface area contributed by atoms with Gasteiger partial charge in [-0.15, -0.1) is 10.2 Å². The van der Waals surface area contributed by atoms with E-state index in [0.29, 0.717) is 30.1 Å². The van der Waals surface area contributed by atoms with Crippen molar-refractivity contribution >= 4 is 33.0 Å². The van der Waals surface area contributed by atoms with Crippen LogP contribution in [0.15, 0.2) is 53.4 Å². The van der Waals surface area contributed by atoms with Gasteiger partial charge < -0.3 is 5.32 Å². The molecule has 0 unspecified atom stereocenters. The lowest BCUT2D eigenvalue weighted by molar-refractivity contribution is 0.102. The molecule has 10 heteroatoms. The largest absolute Gasteiger partial charge is 0.320 e. The quantitative estimate of drug-likeness (QED) is 0.559. The first-order valence-corrected chi connectivity index (χ1v) is 12.8. The van der Waals surface area contributed by atoms with Crippen LogP contribution in [-0.2, 0) is 15.4 Å². The molecule has 1 saturated heterocycles. The highest BCUT2D eigenvalue weighted by Crippen LogP contribution is 2.38. The van der Waals surface area contributed by atoms with Gasteiger partial charge in [0, 0.05) is 12.2 Å². The Bertz CT molecular complexity index is 1250. The maximum Gasteiger partial charge on any atom is 0.286 e. The molecule has 2 aromatic carbocycles. The molecular weight excluding hydrogens is 463 g/mol. The lowest BCUT2D eigenvalue weighted by Crippen LogP contribution is -2.30. The van der Waals surface area contributed by atoms with E-state index in [1.807, 2.05) is 12.1 Å². The van der Waals surface area contributed by atoms with Crippen molar-refractivity contribution in [1.82, 2.24) is 14.5 Å². The Morgan fingerprint density at radius 2 is 1.76 bits per heavy atom. The number of benzene rings is 2. The van der Waals surface area contributed by atoms with Crippen molar-refractivity contribution in [3.8, 4) is 0 Å². The number of hydrogen-bond acceptors (Lipinski definition) is 6. The summed E-state index contributed by atoms with van der Waals surface area (Å²) in [5.74, 6) is -0.877. The molecule has 7 nitrogen and oxygen atoms in total. The van der Waals surface area contributed by atoms with Crippen LogP contribution in [0.2, 0.25) is 0 Å². The van der Waals surface area contributed by atoms with Gasteiger partial charge in [0.15, 0.2) is 0 Å². The molecule has 2 heterocycles. The fraction of sp³-hybridized carbons (Fsp3) is 0.348. The predicted octanol–water partition coefficient (Wildman–Crippen LogP) is 4.75. The molecular formula is C23H25FN4O3S2. The second-order valence-corrected chi connectivity index (χ2v) is 11.9. The summed E-state index contributed by atoms with van der Waals surface area (Å²) in [6.45, 7) is 6.61. The average Bonchev–Trinajstić information content (AvgIpc) is 3.45. The van der Waals surface area contributed by atoms with Crippen molar-refractivity contribution in [2.75, 3.05) is 11.9 Å². The van der Waals surface area contributed by atoms with Gasteiger partial charge >= 0.3 is 0 Å². The summed E-state index contributed by atoms with van der Waals surface area (Å²) in [6.07, 6.45) is 1.30. The third kappa shape index (κ3) is 4.97. The molecule has 0 radical (unpaired) electrons. The average molecular weight is 489 g/mol. The maximum absolute atomic E-state index is 13.4. The number of nitrogens with one attached hydrogen (secondary N) is 1. The normalized spacial score (nSPS) is 17.3. The summed E-state index contributed by atoms with van der Waals surface area (Å²) in [4.78, 5) is 12.7. The lowest BCUT2D eigenvalue weighted by atomic mass is 9.87. The van der Waals surface area contributed by atoms with Gasteiger partial charge in [-0.25, -0.2) is 12.8 Å². The summed E-state index contributed by atoms with van der Waals surface area (Å²) in [5, 5.41) is 11.3. The van der Waals surface area contributed by atoms with Gasteiger partial charge in [-0.1, -0.05) is 44.2 Å². The number of hydrogen-bond donors (Lipinski definition) is 1. The highest BCUT2D eigenvalue weighted by molar-refractivity contribution is 7.89. The Hall–Kier alpha value is -2.69. The molecule has 0 saturated carbocycles. The summed E-state index contributed by atoms with van der Waals surface area (Å²) in [5.41, 5.74) is 1.41. The van der Waals surface area contributed by atoms with Gasteiger partial charge in [0.2, 0.25) is 15.0 Å². The first-order chi connectivity index (χ1) is 15.6. The second-order valence-electron chi connectivity index (χ2n) is 8.95. The smallest absolute Gasteiger partial charge is 0.286 e. The van der Waals surface area contributed by atoms with E-state index < -0.39 is 27.8 Å². The topological polar surface area (TPSA) is 92.3 Å².